The second-order valence-electron chi connectivity index (χ2n) is 8.54. The van der Waals surface area contributed by atoms with Crippen molar-refractivity contribution >= 4 is 43.5 Å². The first-order valence-corrected chi connectivity index (χ1v) is 9.88. The molecule has 0 unspecified atom stereocenters. The lowest BCUT2D eigenvalue weighted by molar-refractivity contribution is 0.662. The van der Waals surface area contributed by atoms with Crippen molar-refractivity contribution < 1.29 is 4.42 Å². The van der Waals surface area contributed by atoms with E-state index >= 15 is 0 Å². The first-order chi connectivity index (χ1) is 13.7. The number of hydrogen-bond donors (Lipinski definition) is 0. The summed E-state index contributed by atoms with van der Waals surface area (Å²) in [5.41, 5.74) is 7.44. The molecule has 0 N–H and O–H groups in total. The maximum Gasteiger partial charge on any atom is 0.136 e. The first kappa shape index (κ1) is 14.7. The highest BCUT2D eigenvalue weighted by Gasteiger charge is 2.38. The molecule has 0 fully saturated rings. The average molecular weight is 358 g/mol. The van der Waals surface area contributed by atoms with Crippen molar-refractivity contribution in [2.45, 2.75) is 19.3 Å². The fraction of sp³-hybridized carbons (Fsp3) is 0.111. The summed E-state index contributed by atoms with van der Waals surface area (Å²) < 4.78 is 6.39. The predicted molar refractivity (Wildman–Crippen MR) is 117 cm³/mol. The predicted octanol–water partition coefficient (Wildman–Crippen LogP) is 7.64. The van der Waals surface area contributed by atoms with E-state index in [1.54, 1.807) is 0 Å². The van der Waals surface area contributed by atoms with Crippen molar-refractivity contribution in [3.8, 4) is 11.1 Å². The van der Waals surface area contributed by atoms with Crippen molar-refractivity contribution in [1.82, 2.24) is 0 Å². The Hall–Kier alpha value is -3.32. The maximum absolute atomic E-state index is 6.39. The number of hydrogen-bond acceptors (Lipinski definition) is 1. The van der Waals surface area contributed by atoms with Crippen LogP contribution in [-0.4, -0.2) is 0 Å². The smallest absolute Gasteiger partial charge is 0.136 e. The minimum absolute atomic E-state index is 0.0432. The van der Waals surface area contributed by atoms with Crippen LogP contribution in [-0.2, 0) is 5.41 Å². The van der Waals surface area contributed by atoms with Gasteiger partial charge < -0.3 is 4.42 Å². The molecule has 132 valence electrons. The van der Waals surface area contributed by atoms with Crippen LogP contribution in [0.5, 0.6) is 0 Å². The highest BCUT2D eigenvalue weighted by molar-refractivity contribution is 6.34. The van der Waals surface area contributed by atoms with Gasteiger partial charge in [0.15, 0.2) is 0 Å². The Morgan fingerprint density at radius 3 is 2.21 bits per heavy atom. The van der Waals surface area contributed by atoms with Gasteiger partial charge in [0.2, 0.25) is 0 Å². The lowest BCUT2D eigenvalue weighted by Crippen LogP contribution is -2.15. The Balaban J connectivity index is 1.87. The number of rotatable bonds is 0. The topological polar surface area (TPSA) is 13.1 Å². The van der Waals surface area contributed by atoms with Gasteiger partial charge in [-0.05, 0) is 55.9 Å². The Labute approximate surface area is 162 Å². The Morgan fingerprint density at radius 1 is 0.607 bits per heavy atom. The van der Waals surface area contributed by atoms with Crippen molar-refractivity contribution in [1.29, 1.82) is 0 Å². The highest BCUT2D eigenvalue weighted by Crippen LogP contribution is 2.55. The molecule has 0 spiro atoms. The summed E-state index contributed by atoms with van der Waals surface area (Å²) >= 11 is 0. The largest absolute Gasteiger partial charge is 0.456 e. The fourth-order valence-electron chi connectivity index (χ4n) is 5.67. The summed E-state index contributed by atoms with van der Waals surface area (Å²) in [6.07, 6.45) is 0. The SMILES string of the molecule is CC1(C)c2ccccc2-c2cc3oc4cccc5c6ccccc6c(c21)c3c45. The molecule has 0 radical (unpaired) electrons. The minimum Gasteiger partial charge on any atom is -0.456 e. The molecule has 0 aliphatic heterocycles. The van der Waals surface area contributed by atoms with E-state index in [4.69, 9.17) is 4.42 Å². The quantitative estimate of drug-likeness (QED) is 0.254. The lowest BCUT2D eigenvalue weighted by Gasteiger charge is -2.24. The summed E-state index contributed by atoms with van der Waals surface area (Å²) in [7, 11) is 0. The summed E-state index contributed by atoms with van der Waals surface area (Å²) in [4.78, 5) is 0. The van der Waals surface area contributed by atoms with E-state index in [-0.39, 0.29) is 5.41 Å². The van der Waals surface area contributed by atoms with Crippen LogP contribution in [0.15, 0.2) is 77.2 Å². The van der Waals surface area contributed by atoms with Crippen LogP contribution < -0.4 is 0 Å². The summed E-state index contributed by atoms with van der Waals surface area (Å²) in [6.45, 7) is 4.72. The molecule has 1 aliphatic rings. The van der Waals surface area contributed by atoms with Gasteiger partial charge in [-0.2, -0.15) is 0 Å². The van der Waals surface area contributed by atoms with E-state index in [0.29, 0.717) is 0 Å². The third kappa shape index (κ3) is 1.49. The lowest BCUT2D eigenvalue weighted by atomic mass is 9.78. The monoisotopic (exact) mass is 358 g/mol. The molecule has 6 aromatic rings. The molecule has 5 aromatic carbocycles. The minimum atomic E-state index is -0.0432. The second kappa shape index (κ2) is 4.56. The summed E-state index contributed by atoms with van der Waals surface area (Å²) in [5.74, 6) is 0. The van der Waals surface area contributed by atoms with Crippen LogP contribution in [0.1, 0.15) is 25.0 Å². The normalized spacial score (nSPS) is 15.1. The molecule has 0 atom stereocenters. The van der Waals surface area contributed by atoms with Crippen LogP contribution in [0.2, 0.25) is 0 Å². The third-order valence-corrected chi connectivity index (χ3v) is 6.79. The van der Waals surface area contributed by atoms with Gasteiger partial charge in [0.05, 0.1) is 0 Å². The molecule has 1 heterocycles. The standard InChI is InChI=1S/C27H18O/c1-27(2)20-12-6-5-9-16(20)19-14-22-25-23-17(11-7-13-21(23)28-22)15-8-3-4-10-18(15)24(25)26(19)27/h3-14H,1-2H3. The molecule has 1 nitrogen and oxygen atoms in total. The molecule has 1 heteroatoms. The first-order valence-electron chi connectivity index (χ1n) is 9.88. The molecule has 0 bridgehead atoms. The zero-order valence-corrected chi connectivity index (χ0v) is 15.8. The fourth-order valence-corrected chi connectivity index (χ4v) is 5.67. The van der Waals surface area contributed by atoms with Crippen molar-refractivity contribution in [2.24, 2.45) is 0 Å². The van der Waals surface area contributed by atoms with E-state index in [1.807, 2.05) is 0 Å². The van der Waals surface area contributed by atoms with Crippen LogP contribution >= 0.6 is 0 Å². The number of fused-ring (bicyclic) bond motifs is 7. The van der Waals surface area contributed by atoms with Gasteiger partial charge in [-0.15, -0.1) is 0 Å². The van der Waals surface area contributed by atoms with Gasteiger partial charge in [-0.1, -0.05) is 74.5 Å². The van der Waals surface area contributed by atoms with Gasteiger partial charge in [0, 0.05) is 16.2 Å². The van der Waals surface area contributed by atoms with Crippen LogP contribution in [0.4, 0.5) is 0 Å². The zero-order chi connectivity index (χ0) is 18.6. The van der Waals surface area contributed by atoms with E-state index < -0.39 is 0 Å². The van der Waals surface area contributed by atoms with Gasteiger partial charge >= 0.3 is 0 Å². The highest BCUT2D eigenvalue weighted by atomic mass is 16.3. The van der Waals surface area contributed by atoms with E-state index in [2.05, 4.69) is 86.6 Å². The molecule has 0 saturated heterocycles. The zero-order valence-electron chi connectivity index (χ0n) is 15.8. The molecule has 1 aromatic heterocycles. The molecular formula is C27H18O. The molecule has 1 aliphatic carbocycles. The third-order valence-electron chi connectivity index (χ3n) is 6.79. The Bertz CT molecular complexity index is 1580. The molecule has 7 rings (SSSR count). The van der Waals surface area contributed by atoms with Crippen LogP contribution in [0.3, 0.4) is 0 Å². The van der Waals surface area contributed by atoms with E-state index in [1.165, 1.54) is 54.6 Å². The maximum atomic E-state index is 6.39. The second-order valence-corrected chi connectivity index (χ2v) is 8.54. The average Bonchev–Trinajstić information content (AvgIpc) is 3.20. The molecule has 0 saturated carbocycles. The Kier molecular flexibility index (Phi) is 2.39. The molecular weight excluding hydrogens is 340 g/mol. The van der Waals surface area contributed by atoms with Gasteiger partial charge in [-0.25, -0.2) is 0 Å². The van der Waals surface area contributed by atoms with Crippen LogP contribution in [0.25, 0.3) is 54.6 Å². The summed E-state index contributed by atoms with van der Waals surface area (Å²) in [6, 6.07) is 26.4. The van der Waals surface area contributed by atoms with Gasteiger partial charge in [-0.3, -0.25) is 0 Å². The summed E-state index contributed by atoms with van der Waals surface area (Å²) in [5, 5.41) is 7.83. The van der Waals surface area contributed by atoms with E-state index in [0.717, 1.165) is 11.2 Å². The van der Waals surface area contributed by atoms with Crippen molar-refractivity contribution in [3.63, 3.8) is 0 Å². The molecule has 28 heavy (non-hydrogen) atoms. The number of furan rings is 1. The molecule has 0 amide bonds. The van der Waals surface area contributed by atoms with Gasteiger partial charge in [0.1, 0.15) is 11.2 Å². The van der Waals surface area contributed by atoms with E-state index in [9.17, 15) is 0 Å². The number of benzene rings is 5. The van der Waals surface area contributed by atoms with Crippen molar-refractivity contribution in [2.75, 3.05) is 0 Å². The van der Waals surface area contributed by atoms with Crippen LogP contribution in [0, 0.1) is 0 Å². The van der Waals surface area contributed by atoms with Gasteiger partial charge in [0.25, 0.3) is 0 Å². The van der Waals surface area contributed by atoms with Crippen molar-refractivity contribution in [3.05, 3.63) is 83.9 Å². The Morgan fingerprint density at radius 2 is 1.32 bits per heavy atom.